The number of rotatable bonds is 7. The number of aromatic nitrogens is 2. The van der Waals surface area contributed by atoms with Crippen LogP contribution in [0.5, 0.6) is 11.5 Å². The summed E-state index contributed by atoms with van der Waals surface area (Å²) in [7, 11) is 0. The zero-order chi connectivity index (χ0) is 25.4. The molecule has 0 spiro atoms. The number of nitrogens with zero attached hydrogens (tertiary/aromatic N) is 2. The molecule has 0 aliphatic carbocycles. The Balaban J connectivity index is 1.63. The number of phenolic OH excluding ortho intramolecular Hbond substituents is 1. The van der Waals surface area contributed by atoms with Crippen molar-refractivity contribution in [2.45, 2.75) is 39.8 Å². The van der Waals surface area contributed by atoms with E-state index >= 15 is 0 Å². The van der Waals surface area contributed by atoms with E-state index < -0.39 is 6.04 Å². The summed E-state index contributed by atoms with van der Waals surface area (Å²) in [5, 5.41) is 18.3. The molecule has 5 rings (SSSR count). The topological polar surface area (TPSA) is 78.5 Å². The van der Waals surface area contributed by atoms with E-state index in [4.69, 9.17) is 4.74 Å². The molecule has 1 atom stereocenters. The number of nitrogens with one attached hydrogen (secondary N) is 1. The molecule has 1 unspecified atom stereocenters. The molecule has 2 N–H and O–H groups in total. The minimum atomic E-state index is -0.452. The van der Waals surface area contributed by atoms with Crippen LogP contribution in [0.2, 0.25) is 0 Å². The number of halogens is 1. The molecule has 3 aromatic carbocycles. The third kappa shape index (κ3) is 4.21. The van der Waals surface area contributed by atoms with Gasteiger partial charge in [-0.05, 0) is 72.9 Å². The predicted molar refractivity (Wildman–Crippen MR) is 136 cm³/mol. The van der Waals surface area contributed by atoms with Crippen LogP contribution in [0.4, 0.5) is 4.39 Å². The highest BCUT2D eigenvalue weighted by Gasteiger charge is 2.42. The monoisotopic (exact) mass is 485 g/mol. The van der Waals surface area contributed by atoms with Gasteiger partial charge in [-0.2, -0.15) is 5.10 Å². The molecular weight excluding hydrogens is 457 g/mol. The number of H-pyrrole nitrogens is 1. The number of aryl methyl sites for hydroxylation is 2. The number of carbonyl (C=O) groups excluding carboxylic acids is 1. The lowest BCUT2D eigenvalue weighted by Gasteiger charge is -2.27. The van der Waals surface area contributed by atoms with Crippen molar-refractivity contribution in [2.24, 2.45) is 0 Å². The average molecular weight is 486 g/mol. The van der Waals surface area contributed by atoms with Crippen molar-refractivity contribution < 1.29 is 19.0 Å². The second-order valence-electron chi connectivity index (χ2n) is 9.22. The van der Waals surface area contributed by atoms with E-state index in [1.807, 2.05) is 44.2 Å². The molecule has 6 nitrogen and oxygen atoms in total. The Morgan fingerprint density at radius 1 is 1.08 bits per heavy atom. The third-order valence-electron chi connectivity index (χ3n) is 6.49. The first-order chi connectivity index (χ1) is 17.4. The van der Waals surface area contributed by atoms with Crippen molar-refractivity contribution >= 4 is 5.91 Å². The third-order valence-corrected chi connectivity index (χ3v) is 6.49. The van der Waals surface area contributed by atoms with Crippen LogP contribution in [0.1, 0.15) is 57.7 Å². The molecule has 1 aromatic heterocycles. The van der Waals surface area contributed by atoms with Crippen molar-refractivity contribution in [3.05, 3.63) is 100.0 Å². The van der Waals surface area contributed by atoms with Crippen molar-refractivity contribution in [2.75, 3.05) is 6.61 Å². The number of ether oxygens (including phenoxy) is 1. The molecule has 2 heterocycles. The fourth-order valence-electron chi connectivity index (χ4n) is 4.90. The van der Waals surface area contributed by atoms with Crippen LogP contribution in [0.15, 0.2) is 60.7 Å². The van der Waals surface area contributed by atoms with E-state index in [2.05, 4.69) is 17.1 Å². The van der Waals surface area contributed by atoms with Crippen LogP contribution in [-0.4, -0.2) is 32.7 Å². The number of hydrogen-bond donors (Lipinski definition) is 2. The van der Waals surface area contributed by atoms with Gasteiger partial charge in [0.15, 0.2) is 0 Å². The maximum absolute atomic E-state index is 13.6. The summed E-state index contributed by atoms with van der Waals surface area (Å²) in [6.07, 6.45) is 0.908. The summed E-state index contributed by atoms with van der Waals surface area (Å²) in [5.41, 5.74) is 5.76. The normalized spacial score (nSPS) is 14.8. The van der Waals surface area contributed by atoms with Gasteiger partial charge in [-0.15, -0.1) is 0 Å². The van der Waals surface area contributed by atoms with Crippen LogP contribution in [0, 0.1) is 19.7 Å². The van der Waals surface area contributed by atoms with Crippen LogP contribution in [-0.2, 0) is 6.54 Å². The van der Waals surface area contributed by atoms with Crippen molar-refractivity contribution in [3.8, 4) is 22.8 Å². The molecule has 0 radical (unpaired) electrons. The molecule has 0 saturated heterocycles. The van der Waals surface area contributed by atoms with Crippen LogP contribution >= 0.6 is 0 Å². The molecule has 4 aromatic rings. The molecule has 36 heavy (non-hydrogen) atoms. The summed E-state index contributed by atoms with van der Waals surface area (Å²) in [6, 6.07) is 17.1. The summed E-state index contributed by atoms with van der Waals surface area (Å²) in [6.45, 7) is 6.81. The number of benzene rings is 3. The van der Waals surface area contributed by atoms with Gasteiger partial charge >= 0.3 is 0 Å². The highest BCUT2D eigenvalue weighted by atomic mass is 19.1. The number of fused-ring (bicyclic) bond motifs is 1. The fraction of sp³-hybridized carbons (Fsp3) is 0.241. The molecule has 0 bridgehead atoms. The second kappa shape index (κ2) is 9.49. The number of hydrogen-bond acceptors (Lipinski definition) is 4. The van der Waals surface area contributed by atoms with Gasteiger partial charge in [-0.3, -0.25) is 9.89 Å². The summed E-state index contributed by atoms with van der Waals surface area (Å²) < 4.78 is 19.3. The van der Waals surface area contributed by atoms with Crippen molar-refractivity contribution in [1.29, 1.82) is 0 Å². The molecule has 1 aliphatic rings. The highest BCUT2D eigenvalue weighted by molar-refractivity contribution is 6.00. The zero-order valence-electron chi connectivity index (χ0n) is 20.5. The quantitative estimate of drug-likeness (QED) is 0.333. The molecule has 184 valence electrons. The largest absolute Gasteiger partial charge is 0.507 e. The number of carbonyl (C=O) groups is 1. The Bertz CT molecular complexity index is 1390. The Morgan fingerprint density at radius 3 is 2.47 bits per heavy atom. The summed E-state index contributed by atoms with van der Waals surface area (Å²) >= 11 is 0. The van der Waals surface area contributed by atoms with Gasteiger partial charge in [-0.1, -0.05) is 37.3 Å². The Kier molecular flexibility index (Phi) is 6.22. The number of amides is 1. The van der Waals surface area contributed by atoms with E-state index in [1.165, 1.54) is 12.1 Å². The Hall–Kier alpha value is -4.13. The first-order valence-corrected chi connectivity index (χ1v) is 12.0. The molecule has 7 heteroatoms. The van der Waals surface area contributed by atoms with Crippen LogP contribution in [0.25, 0.3) is 11.3 Å². The summed E-state index contributed by atoms with van der Waals surface area (Å²) in [5.74, 6) is 0.351. The van der Waals surface area contributed by atoms with E-state index in [0.29, 0.717) is 35.7 Å². The first kappa shape index (κ1) is 23.6. The van der Waals surface area contributed by atoms with Crippen LogP contribution < -0.4 is 4.74 Å². The zero-order valence-corrected chi connectivity index (χ0v) is 20.5. The predicted octanol–water partition coefficient (Wildman–Crippen LogP) is 6.07. The molecule has 1 amide bonds. The Labute approximate surface area is 209 Å². The SMILES string of the molecule is CCCOc1ccc(C2c3c(-c4c(C)cc(C)cc4O)n[nH]c3C(=O)N2Cc2ccc(F)cc2)cc1. The lowest BCUT2D eigenvalue weighted by atomic mass is 9.93. The van der Waals surface area contributed by atoms with E-state index in [1.54, 1.807) is 23.1 Å². The van der Waals surface area contributed by atoms with Crippen molar-refractivity contribution in [1.82, 2.24) is 15.1 Å². The van der Waals surface area contributed by atoms with Gasteiger partial charge in [0.2, 0.25) is 0 Å². The van der Waals surface area contributed by atoms with E-state index in [0.717, 1.165) is 34.4 Å². The first-order valence-electron chi connectivity index (χ1n) is 12.0. The lowest BCUT2D eigenvalue weighted by Crippen LogP contribution is -2.29. The molecule has 0 saturated carbocycles. The maximum Gasteiger partial charge on any atom is 0.273 e. The van der Waals surface area contributed by atoms with Crippen LogP contribution in [0.3, 0.4) is 0 Å². The van der Waals surface area contributed by atoms with E-state index in [-0.39, 0.29) is 17.5 Å². The maximum atomic E-state index is 13.6. The lowest BCUT2D eigenvalue weighted by molar-refractivity contribution is 0.0730. The second-order valence-corrected chi connectivity index (χ2v) is 9.22. The average Bonchev–Trinajstić information content (AvgIpc) is 3.38. The molecule has 0 fully saturated rings. The summed E-state index contributed by atoms with van der Waals surface area (Å²) in [4.78, 5) is 15.4. The molecular formula is C29H28FN3O3. The van der Waals surface area contributed by atoms with Gasteiger partial charge in [0.25, 0.3) is 5.91 Å². The highest BCUT2D eigenvalue weighted by Crippen LogP contribution is 2.46. The number of phenols is 1. The van der Waals surface area contributed by atoms with Gasteiger partial charge < -0.3 is 14.7 Å². The Morgan fingerprint density at radius 2 is 1.81 bits per heavy atom. The fourth-order valence-corrected chi connectivity index (χ4v) is 4.90. The standard InChI is InChI=1S/C29H28FN3O3/c1-4-13-36-22-11-7-20(8-12-22)28-25-26(24-18(3)14-17(2)15-23(24)34)31-32-27(25)29(35)33(28)16-19-5-9-21(30)10-6-19/h5-12,14-15,28,34H,4,13,16H2,1-3H3,(H,31,32). The minimum absolute atomic E-state index is 0.119. The molecule has 1 aliphatic heterocycles. The smallest absolute Gasteiger partial charge is 0.273 e. The van der Waals surface area contributed by atoms with E-state index in [9.17, 15) is 14.3 Å². The van der Waals surface area contributed by atoms with Gasteiger partial charge in [-0.25, -0.2) is 4.39 Å². The van der Waals surface area contributed by atoms with Crippen molar-refractivity contribution in [3.63, 3.8) is 0 Å². The van der Waals surface area contributed by atoms with Gasteiger partial charge in [0, 0.05) is 17.7 Å². The van der Waals surface area contributed by atoms with Gasteiger partial charge in [0.1, 0.15) is 28.7 Å². The van der Waals surface area contributed by atoms with Gasteiger partial charge in [0.05, 0.1) is 12.6 Å². The number of aromatic amines is 1. The number of aromatic hydroxyl groups is 1. The minimum Gasteiger partial charge on any atom is -0.507 e.